The van der Waals surface area contributed by atoms with Gasteiger partial charge in [0, 0.05) is 20.7 Å². The number of methoxy groups -OCH3 is 1. The lowest BCUT2D eigenvalue weighted by atomic mass is 10.7. The van der Waals surface area contributed by atoms with Crippen LogP contribution < -0.4 is 4.72 Å². The van der Waals surface area contributed by atoms with Gasteiger partial charge in [0.1, 0.15) is 6.54 Å². The molecule has 84 valence electrons. The molecule has 0 aromatic heterocycles. The summed E-state index contributed by atoms with van der Waals surface area (Å²) in [5, 5.41) is 8.26. The molecule has 7 nitrogen and oxygen atoms in total. The zero-order valence-corrected chi connectivity index (χ0v) is 8.87. The molecule has 0 radical (unpaired) electrons. The Bertz CT molecular complexity index is 276. The fraction of sp³-hybridized carbons (Fsp3) is 0.833. The van der Waals surface area contributed by atoms with Crippen LogP contribution in [0, 0.1) is 0 Å². The number of likely N-dealkylation sites (N-methyl/N-ethyl adjacent to an activating group) is 1. The van der Waals surface area contributed by atoms with Crippen LogP contribution in [-0.2, 0) is 19.7 Å². The standard InChI is InChI=1S/C6H14N2O5S/c1-8(3-4-13-2)14(11,12)7-5-6(9)10/h7H,3-5H2,1-2H3,(H,9,10). The lowest BCUT2D eigenvalue weighted by molar-refractivity contribution is -0.135. The molecule has 0 aromatic carbocycles. The monoisotopic (exact) mass is 226 g/mol. The number of hydrogen-bond donors (Lipinski definition) is 2. The van der Waals surface area contributed by atoms with Gasteiger partial charge in [0.15, 0.2) is 0 Å². The highest BCUT2D eigenvalue weighted by Crippen LogP contribution is 1.92. The van der Waals surface area contributed by atoms with E-state index in [1.807, 2.05) is 4.72 Å². The van der Waals surface area contributed by atoms with E-state index in [4.69, 9.17) is 5.11 Å². The maximum atomic E-state index is 11.2. The van der Waals surface area contributed by atoms with E-state index in [0.717, 1.165) is 4.31 Å². The molecule has 0 heterocycles. The minimum atomic E-state index is -3.71. The summed E-state index contributed by atoms with van der Waals surface area (Å²) in [5.74, 6) is -1.23. The van der Waals surface area contributed by atoms with Gasteiger partial charge in [-0.1, -0.05) is 0 Å². The first kappa shape index (κ1) is 13.3. The maximum absolute atomic E-state index is 11.2. The van der Waals surface area contributed by atoms with Gasteiger partial charge in [-0.2, -0.15) is 17.4 Å². The molecule has 0 fully saturated rings. The first-order chi connectivity index (χ1) is 6.40. The van der Waals surface area contributed by atoms with E-state index < -0.39 is 22.7 Å². The third kappa shape index (κ3) is 5.12. The Morgan fingerprint density at radius 1 is 1.57 bits per heavy atom. The smallest absolute Gasteiger partial charge is 0.318 e. The average molecular weight is 226 g/mol. The molecule has 0 saturated heterocycles. The molecular weight excluding hydrogens is 212 g/mol. The van der Waals surface area contributed by atoms with Gasteiger partial charge in [-0.05, 0) is 0 Å². The molecule has 0 spiro atoms. The largest absolute Gasteiger partial charge is 0.480 e. The third-order valence-corrected chi connectivity index (χ3v) is 2.94. The Labute approximate surface area is 82.8 Å². The summed E-state index contributed by atoms with van der Waals surface area (Å²) in [6.07, 6.45) is 0. The van der Waals surface area contributed by atoms with Gasteiger partial charge in [0.25, 0.3) is 10.2 Å². The van der Waals surface area contributed by atoms with Gasteiger partial charge in [0.2, 0.25) is 0 Å². The van der Waals surface area contributed by atoms with E-state index in [-0.39, 0.29) is 13.2 Å². The Hall–Kier alpha value is -0.700. The number of ether oxygens (including phenoxy) is 1. The first-order valence-corrected chi connectivity index (χ1v) is 5.26. The van der Waals surface area contributed by atoms with Crippen LogP contribution in [0.2, 0.25) is 0 Å². The number of rotatable bonds is 7. The van der Waals surface area contributed by atoms with Gasteiger partial charge in [-0.15, -0.1) is 0 Å². The number of carbonyl (C=O) groups is 1. The number of hydrogen-bond acceptors (Lipinski definition) is 4. The number of aliphatic carboxylic acids is 1. The van der Waals surface area contributed by atoms with Crippen LogP contribution in [0.25, 0.3) is 0 Å². The normalized spacial score (nSPS) is 11.9. The van der Waals surface area contributed by atoms with E-state index in [2.05, 4.69) is 4.74 Å². The van der Waals surface area contributed by atoms with Crippen LogP contribution in [0.1, 0.15) is 0 Å². The summed E-state index contributed by atoms with van der Waals surface area (Å²) in [4.78, 5) is 10.1. The zero-order valence-electron chi connectivity index (χ0n) is 8.06. The predicted molar refractivity (Wildman–Crippen MR) is 49.1 cm³/mol. The highest BCUT2D eigenvalue weighted by molar-refractivity contribution is 7.87. The average Bonchev–Trinajstić information content (AvgIpc) is 2.11. The molecular formula is C6H14N2O5S. The molecule has 0 bridgehead atoms. The molecule has 14 heavy (non-hydrogen) atoms. The predicted octanol–water partition coefficient (Wildman–Crippen LogP) is -1.52. The number of nitrogens with one attached hydrogen (secondary N) is 1. The molecule has 2 N–H and O–H groups in total. The second kappa shape index (κ2) is 5.91. The summed E-state index contributed by atoms with van der Waals surface area (Å²) in [7, 11) is -0.919. The van der Waals surface area contributed by atoms with Crippen LogP contribution >= 0.6 is 0 Å². The zero-order chi connectivity index (χ0) is 11.2. The van der Waals surface area contributed by atoms with Gasteiger partial charge < -0.3 is 9.84 Å². The van der Waals surface area contributed by atoms with Crippen LogP contribution in [0.5, 0.6) is 0 Å². The van der Waals surface area contributed by atoms with Gasteiger partial charge in [0.05, 0.1) is 6.61 Å². The first-order valence-electron chi connectivity index (χ1n) is 3.82. The topological polar surface area (TPSA) is 95.9 Å². The fourth-order valence-electron chi connectivity index (χ4n) is 0.603. The van der Waals surface area contributed by atoms with Crippen molar-refractivity contribution < 1.29 is 23.1 Å². The molecule has 0 aliphatic heterocycles. The van der Waals surface area contributed by atoms with Crippen molar-refractivity contribution in [1.82, 2.24) is 9.03 Å². The Morgan fingerprint density at radius 2 is 2.14 bits per heavy atom. The second-order valence-electron chi connectivity index (χ2n) is 2.53. The molecule has 0 atom stereocenters. The highest BCUT2D eigenvalue weighted by Gasteiger charge is 2.17. The summed E-state index contributed by atoms with van der Waals surface area (Å²) in [6, 6.07) is 0. The van der Waals surface area contributed by atoms with Crippen molar-refractivity contribution in [2.75, 3.05) is 33.9 Å². The van der Waals surface area contributed by atoms with Crippen LogP contribution in [-0.4, -0.2) is 57.7 Å². The molecule has 0 aliphatic carbocycles. The highest BCUT2D eigenvalue weighted by atomic mass is 32.2. The van der Waals surface area contributed by atoms with Gasteiger partial charge in [-0.25, -0.2) is 0 Å². The van der Waals surface area contributed by atoms with Crippen molar-refractivity contribution in [2.45, 2.75) is 0 Å². The molecule has 0 unspecified atom stereocenters. The summed E-state index contributed by atoms with van der Waals surface area (Å²) in [6.45, 7) is -0.199. The second-order valence-corrected chi connectivity index (χ2v) is 4.40. The van der Waals surface area contributed by atoms with E-state index in [0.29, 0.717) is 0 Å². The van der Waals surface area contributed by atoms with Crippen LogP contribution in [0.4, 0.5) is 0 Å². The summed E-state index contributed by atoms with van der Waals surface area (Å²) < 4.78 is 30.1. The number of carboxylic acid groups (broad SMARTS) is 1. The van der Waals surface area contributed by atoms with Crippen LogP contribution in [0.15, 0.2) is 0 Å². The van der Waals surface area contributed by atoms with E-state index >= 15 is 0 Å². The van der Waals surface area contributed by atoms with Crippen LogP contribution in [0.3, 0.4) is 0 Å². The van der Waals surface area contributed by atoms with Gasteiger partial charge >= 0.3 is 5.97 Å². The van der Waals surface area contributed by atoms with Crippen molar-refractivity contribution in [3.05, 3.63) is 0 Å². The number of carboxylic acids is 1. The third-order valence-electron chi connectivity index (χ3n) is 1.43. The summed E-state index contributed by atoms with van der Waals surface area (Å²) >= 11 is 0. The SMILES string of the molecule is COCCN(C)S(=O)(=O)NCC(=O)O. The Balaban J connectivity index is 4.10. The Morgan fingerprint density at radius 3 is 2.57 bits per heavy atom. The fourth-order valence-corrected chi connectivity index (χ4v) is 1.44. The minimum absolute atomic E-state index is 0.172. The van der Waals surface area contributed by atoms with Gasteiger partial charge in [-0.3, -0.25) is 4.79 Å². The summed E-state index contributed by atoms with van der Waals surface area (Å²) in [5.41, 5.74) is 0. The van der Waals surface area contributed by atoms with Crippen molar-refractivity contribution in [3.8, 4) is 0 Å². The quantitative estimate of drug-likeness (QED) is 0.550. The Kier molecular flexibility index (Phi) is 5.62. The molecule has 0 amide bonds. The maximum Gasteiger partial charge on any atom is 0.318 e. The molecule has 0 saturated carbocycles. The lowest BCUT2D eigenvalue weighted by Gasteiger charge is -2.16. The van der Waals surface area contributed by atoms with E-state index in [9.17, 15) is 13.2 Å². The molecule has 0 aliphatic rings. The van der Waals surface area contributed by atoms with Crippen molar-refractivity contribution in [3.63, 3.8) is 0 Å². The number of nitrogens with zero attached hydrogens (tertiary/aromatic N) is 1. The lowest BCUT2D eigenvalue weighted by Crippen LogP contribution is -2.41. The van der Waals surface area contributed by atoms with E-state index in [1.165, 1.54) is 14.2 Å². The molecule has 0 aromatic rings. The van der Waals surface area contributed by atoms with Crippen molar-refractivity contribution in [2.24, 2.45) is 0 Å². The molecule has 8 heteroatoms. The van der Waals surface area contributed by atoms with E-state index in [1.54, 1.807) is 0 Å². The minimum Gasteiger partial charge on any atom is -0.480 e. The molecule has 0 rings (SSSR count). The van der Waals surface area contributed by atoms with Crippen molar-refractivity contribution >= 4 is 16.2 Å². The van der Waals surface area contributed by atoms with Crippen molar-refractivity contribution in [1.29, 1.82) is 0 Å².